The molecule has 0 bridgehead atoms. The van der Waals surface area contributed by atoms with Gasteiger partial charge in [0.2, 0.25) is 5.91 Å². The number of hydrogen-bond acceptors (Lipinski definition) is 3. The summed E-state index contributed by atoms with van der Waals surface area (Å²) in [6, 6.07) is 18.4. The summed E-state index contributed by atoms with van der Waals surface area (Å²) in [6.45, 7) is 4.36. The van der Waals surface area contributed by atoms with Gasteiger partial charge >= 0.3 is 0 Å². The zero-order chi connectivity index (χ0) is 18.8. The molecular formula is C22H29NO2S. The number of thioether (sulfide) groups is 1. The molecule has 2 aromatic rings. The van der Waals surface area contributed by atoms with Gasteiger partial charge < -0.3 is 10.1 Å². The van der Waals surface area contributed by atoms with Crippen molar-refractivity contribution in [2.75, 3.05) is 12.9 Å². The Labute approximate surface area is 161 Å². The third-order valence-corrected chi connectivity index (χ3v) is 5.18. The molecule has 0 fully saturated rings. The predicted molar refractivity (Wildman–Crippen MR) is 111 cm³/mol. The SMILES string of the molecule is COc1ccc(C(CC(C)C)NC(=O)CCSCc2ccccc2)cc1. The van der Waals surface area contributed by atoms with Crippen molar-refractivity contribution in [1.82, 2.24) is 5.32 Å². The molecule has 0 heterocycles. The second-order valence-corrected chi connectivity index (χ2v) is 7.92. The molecule has 26 heavy (non-hydrogen) atoms. The Morgan fingerprint density at radius 1 is 1.08 bits per heavy atom. The van der Waals surface area contributed by atoms with E-state index in [4.69, 9.17) is 4.74 Å². The number of nitrogens with one attached hydrogen (secondary N) is 1. The van der Waals surface area contributed by atoms with Crippen LogP contribution in [0.15, 0.2) is 54.6 Å². The van der Waals surface area contributed by atoms with Gasteiger partial charge in [-0.15, -0.1) is 0 Å². The fourth-order valence-corrected chi connectivity index (χ4v) is 3.68. The molecule has 3 nitrogen and oxygen atoms in total. The van der Waals surface area contributed by atoms with Crippen molar-refractivity contribution >= 4 is 17.7 Å². The minimum absolute atomic E-state index is 0.0486. The van der Waals surface area contributed by atoms with E-state index in [2.05, 4.69) is 31.3 Å². The zero-order valence-electron chi connectivity index (χ0n) is 15.9. The molecule has 1 unspecified atom stereocenters. The number of amides is 1. The molecular weight excluding hydrogens is 342 g/mol. The van der Waals surface area contributed by atoms with Crippen molar-refractivity contribution < 1.29 is 9.53 Å². The molecule has 4 heteroatoms. The van der Waals surface area contributed by atoms with Crippen LogP contribution in [0.1, 0.15) is 43.9 Å². The number of rotatable bonds is 10. The van der Waals surface area contributed by atoms with E-state index < -0.39 is 0 Å². The molecule has 0 aliphatic rings. The Balaban J connectivity index is 1.83. The van der Waals surface area contributed by atoms with Crippen molar-refractivity contribution in [3.8, 4) is 5.75 Å². The highest BCUT2D eigenvalue weighted by Crippen LogP contribution is 2.24. The summed E-state index contributed by atoms with van der Waals surface area (Å²) < 4.78 is 5.22. The third-order valence-electron chi connectivity index (χ3n) is 4.15. The number of ether oxygens (including phenoxy) is 1. The summed E-state index contributed by atoms with van der Waals surface area (Å²) in [7, 11) is 1.66. The summed E-state index contributed by atoms with van der Waals surface area (Å²) in [5.41, 5.74) is 2.43. The van der Waals surface area contributed by atoms with Crippen molar-refractivity contribution in [2.24, 2.45) is 5.92 Å². The van der Waals surface area contributed by atoms with Crippen LogP contribution in [0.3, 0.4) is 0 Å². The van der Waals surface area contributed by atoms with Crippen LogP contribution >= 0.6 is 11.8 Å². The van der Waals surface area contributed by atoms with E-state index in [1.807, 2.05) is 42.5 Å². The Morgan fingerprint density at radius 3 is 2.38 bits per heavy atom. The molecule has 2 rings (SSSR count). The van der Waals surface area contributed by atoms with Gasteiger partial charge in [-0.3, -0.25) is 4.79 Å². The van der Waals surface area contributed by atoms with Crippen LogP contribution in [0.4, 0.5) is 0 Å². The van der Waals surface area contributed by atoms with Crippen LogP contribution in [0.2, 0.25) is 0 Å². The number of carbonyl (C=O) groups is 1. The zero-order valence-corrected chi connectivity index (χ0v) is 16.7. The smallest absolute Gasteiger partial charge is 0.221 e. The maximum absolute atomic E-state index is 12.4. The first-order valence-corrected chi connectivity index (χ1v) is 10.3. The molecule has 0 aromatic heterocycles. The van der Waals surface area contributed by atoms with E-state index in [1.54, 1.807) is 18.9 Å². The van der Waals surface area contributed by atoms with Gasteiger partial charge in [-0.1, -0.05) is 56.3 Å². The summed E-state index contributed by atoms with van der Waals surface area (Å²) in [5, 5.41) is 3.21. The fraction of sp³-hybridized carbons (Fsp3) is 0.409. The van der Waals surface area contributed by atoms with Gasteiger partial charge in [0.15, 0.2) is 0 Å². The topological polar surface area (TPSA) is 38.3 Å². The Hall–Kier alpha value is -1.94. The standard InChI is InChI=1S/C22H29NO2S/c1-17(2)15-21(19-9-11-20(25-3)12-10-19)23-22(24)13-14-26-16-18-7-5-4-6-8-18/h4-12,17,21H,13-16H2,1-3H3,(H,23,24). The highest BCUT2D eigenvalue weighted by molar-refractivity contribution is 7.98. The van der Waals surface area contributed by atoms with E-state index in [0.29, 0.717) is 12.3 Å². The highest BCUT2D eigenvalue weighted by atomic mass is 32.2. The maximum Gasteiger partial charge on any atom is 0.221 e. The van der Waals surface area contributed by atoms with Gasteiger partial charge in [0.1, 0.15) is 5.75 Å². The average Bonchev–Trinajstić information content (AvgIpc) is 2.65. The van der Waals surface area contributed by atoms with Gasteiger partial charge in [-0.05, 0) is 35.6 Å². The summed E-state index contributed by atoms with van der Waals surface area (Å²) in [5.74, 6) is 3.24. The minimum Gasteiger partial charge on any atom is -0.497 e. The Bertz CT molecular complexity index is 656. The first-order valence-electron chi connectivity index (χ1n) is 9.13. The average molecular weight is 372 g/mol. The lowest BCUT2D eigenvalue weighted by molar-refractivity contribution is -0.121. The molecule has 0 saturated carbocycles. The number of carbonyl (C=O) groups excluding carboxylic acids is 1. The third kappa shape index (κ3) is 7.12. The summed E-state index contributed by atoms with van der Waals surface area (Å²) >= 11 is 1.80. The van der Waals surface area contributed by atoms with Crippen LogP contribution in [-0.2, 0) is 10.5 Å². The normalized spacial score (nSPS) is 12.0. The van der Waals surface area contributed by atoms with Crippen LogP contribution in [0.25, 0.3) is 0 Å². The molecule has 1 N–H and O–H groups in total. The largest absolute Gasteiger partial charge is 0.497 e. The molecule has 0 radical (unpaired) electrons. The van der Waals surface area contributed by atoms with Crippen molar-refractivity contribution in [3.63, 3.8) is 0 Å². The van der Waals surface area contributed by atoms with Crippen LogP contribution in [0.5, 0.6) is 5.75 Å². The maximum atomic E-state index is 12.4. The van der Waals surface area contributed by atoms with Gasteiger partial charge in [0.25, 0.3) is 0 Å². The lowest BCUT2D eigenvalue weighted by atomic mass is 9.97. The summed E-state index contributed by atoms with van der Waals surface area (Å²) in [6.07, 6.45) is 1.47. The van der Waals surface area contributed by atoms with E-state index in [-0.39, 0.29) is 11.9 Å². The molecule has 1 amide bonds. The Morgan fingerprint density at radius 2 is 1.77 bits per heavy atom. The monoisotopic (exact) mass is 371 g/mol. The van der Waals surface area contributed by atoms with Crippen molar-refractivity contribution in [3.05, 3.63) is 65.7 Å². The molecule has 140 valence electrons. The summed E-state index contributed by atoms with van der Waals surface area (Å²) in [4.78, 5) is 12.4. The van der Waals surface area contributed by atoms with Gasteiger partial charge in [-0.2, -0.15) is 11.8 Å². The quantitative estimate of drug-likeness (QED) is 0.582. The molecule has 2 aromatic carbocycles. The Kier molecular flexibility index (Phi) is 8.56. The minimum atomic E-state index is 0.0486. The van der Waals surface area contributed by atoms with E-state index >= 15 is 0 Å². The second-order valence-electron chi connectivity index (χ2n) is 6.81. The molecule has 0 aliphatic carbocycles. The van der Waals surface area contributed by atoms with Crippen LogP contribution in [-0.4, -0.2) is 18.8 Å². The van der Waals surface area contributed by atoms with E-state index in [1.165, 1.54) is 5.56 Å². The predicted octanol–water partition coefficient (Wildman–Crippen LogP) is 5.22. The molecule has 1 atom stereocenters. The van der Waals surface area contributed by atoms with Gasteiger partial charge in [0, 0.05) is 17.9 Å². The van der Waals surface area contributed by atoms with Crippen LogP contribution < -0.4 is 10.1 Å². The lowest BCUT2D eigenvalue weighted by Gasteiger charge is -2.21. The second kappa shape index (κ2) is 10.9. The highest BCUT2D eigenvalue weighted by Gasteiger charge is 2.16. The van der Waals surface area contributed by atoms with Crippen molar-refractivity contribution in [1.29, 1.82) is 0 Å². The van der Waals surface area contributed by atoms with E-state index in [0.717, 1.165) is 29.2 Å². The number of methoxy groups -OCH3 is 1. The molecule has 0 aliphatic heterocycles. The number of benzene rings is 2. The van der Waals surface area contributed by atoms with Gasteiger partial charge in [-0.25, -0.2) is 0 Å². The van der Waals surface area contributed by atoms with E-state index in [9.17, 15) is 4.79 Å². The molecule has 0 spiro atoms. The first kappa shape index (κ1) is 20.4. The first-order chi connectivity index (χ1) is 12.6. The fourth-order valence-electron chi connectivity index (χ4n) is 2.78. The number of hydrogen-bond donors (Lipinski definition) is 1. The molecule has 0 saturated heterocycles. The lowest BCUT2D eigenvalue weighted by Crippen LogP contribution is -2.29. The van der Waals surface area contributed by atoms with Crippen LogP contribution in [0, 0.1) is 5.92 Å². The van der Waals surface area contributed by atoms with Gasteiger partial charge in [0.05, 0.1) is 13.2 Å². The van der Waals surface area contributed by atoms with Crippen molar-refractivity contribution in [2.45, 2.75) is 38.5 Å².